The summed E-state index contributed by atoms with van der Waals surface area (Å²) >= 11 is 5.97. The maximum absolute atomic E-state index is 12.5. The molecule has 0 spiro atoms. The van der Waals surface area contributed by atoms with Crippen molar-refractivity contribution in [3.63, 3.8) is 0 Å². The summed E-state index contributed by atoms with van der Waals surface area (Å²) < 4.78 is 11.6. The van der Waals surface area contributed by atoms with Gasteiger partial charge in [0, 0.05) is 6.07 Å². The molecule has 3 aromatic rings. The van der Waals surface area contributed by atoms with Gasteiger partial charge in [-0.05, 0) is 55.9 Å². The SMILES string of the molecule is Cc1ccc(C(=O)Oc2cc(Cl)nnc2Oc2c(C)cccc2C2CC2)cc1. The fraction of sp³-hybridized carbons (Fsp3) is 0.227. The van der Waals surface area contributed by atoms with Crippen LogP contribution in [0.4, 0.5) is 0 Å². The number of carbonyl (C=O) groups is 1. The van der Waals surface area contributed by atoms with Gasteiger partial charge in [0.1, 0.15) is 5.75 Å². The molecule has 1 aliphatic rings. The number of halogens is 1. The molecule has 0 radical (unpaired) electrons. The van der Waals surface area contributed by atoms with Crippen molar-refractivity contribution in [2.45, 2.75) is 32.6 Å². The molecular weight excluding hydrogens is 376 g/mol. The Kier molecular flexibility index (Phi) is 5.01. The van der Waals surface area contributed by atoms with Gasteiger partial charge in [0.2, 0.25) is 0 Å². The second-order valence-corrected chi connectivity index (χ2v) is 7.35. The van der Waals surface area contributed by atoms with Crippen molar-refractivity contribution in [3.8, 4) is 17.4 Å². The zero-order valence-electron chi connectivity index (χ0n) is 15.6. The minimum atomic E-state index is -0.513. The first-order valence-electron chi connectivity index (χ1n) is 9.10. The van der Waals surface area contributed by atoms with E-state index in [0.717, 1.165) is 35.3 Å². The van der Waals surface area contributed by atoms with E-state index in [9.17, 15) is 4.79 Å². The fourth-order valence-corrected chi connectivity index (χ4v) is 3.10. The lowest BCUT2D eigenvalue weighted by molar-refractivity contribution is 0.0729. The summed E-state index contributed by atoms with van der Waals surface area (Å²) in [6.45, 7) is 3.93. The van der Waals surface area contributed by atoms with Crippen LogP contribution in [0.15, 0.2) is 48.5 Å². The number of aryl methyl sites for hydroxylation is 2. The molecule has 1 saturated carbocycles. The monoisotopic (exact) mass is 394 g/mol. The first kappa shape index (κ1) is 18.4. The van der Waals surface area contributed by atoms with E-state index in [4.69, 9.17) is 21.1 Å². The smallest absolute Gasteiger partial charge is 0.343 e. The van der Waals surface area contributed by atoms with E-state index >= 15 is 0 Å². The van der Waals surface area contributed by atoms with Gasteiger partial charge in [0.25, 0.3) is 5.88 Å². The number of benzene rings is 2. The number of ether oxygens (including phenoxy) is 2. The predicted molar refractivity (Wildman–Crippen MR) is 106 cm³/mol. The molecule has 28 heavy (non-hydrogen) atoms. The molecule has 5 nitrogen and oxygen atoms in total. The maximum Gasteiger partial charge on any atom is 0.343 e. The molecule has 1 aliphatic carbocycles. The standard InChI is InChI=1S/C22H19ClN2O3/c1-13-6-8-16(9-7-13)22(26)27-18-12-19(23)24-25-21(18)28-20-14(2)4-3-5-17(20)15-10-11-15/h3-9,12,15H,10-11H2,1-2H3. The minimum Gasteiger partial charge on any atom is -0.434 e. The van der Waals surface area contributed by atoms with Crippen LogP contribution in [-0.4, -0.2) is 16.2 Å². The van der Waals surface area contributed by atoms with E-state index in [0.29, 0.717) is 11.5 Å². The lowest BCUT2D eigenvalue weighted by Gasteiger charge is -2.15. The summed E-state index contributed by atoms with van der Waals surface area (Å²) in [5.41, 5.74) is 3.60. The van der Waals surface area contributed by atoms with Crippen molar-refractivity contribution >= 4 is 17.6 Å². The van der Waals surface area contributed by atoms with Gasteiger partial charge < -0.3 is 9.47 Å². The molecule has 1 aromatic heterocycles. The molecule has 0 saturated heterocycles. The fourth-order valence-electron chi connectivity index (χ4n) is 2.96. The normalized spacial score (nSPS) is 13.2. The second kappa shape index (κ2) is 7.60. The van der Waals surface area contributed by atoms with Gasteiger partial charge in [-0.1, -0.05) is 47.5 Å². The van der Waals surface area contributed by atoms with E-state index in [1.807, 2.05) is 38.1 Å². The van der Waals surface area contributed by atoms with Crippen LogP contribution in [0, 0.1) is 13.8 Å². The summed E-state index contributed by atoms with van der Waals surface area (Å²) in [5.74, 6) is 0.959. The third-order valence-corrected chi connectivity index (χ3v) is 4.83. The first-order chi connectivity index (χ1) is 13.5. The highest BCUT2D eigenvalue weighted by Gasteiger charge is 2.28. The lowest BCUT2D eigenvalue weighted by atomic mass is 10.1. The van der Waals surface area contributed by atoms with Gasteiger partial charge in [0.15, 0.2) is 10.9 Å². The van der Waals surface area contributed by atoms with Crippen LogP contribution in [-0.2, 0) is 0 Å². The number of esters is 1. The Hall–Kier alpha value is -2.92. The summed E-state index contributed by atoms with van der Waals surface area (Å²) in [6, 6.07) is 14.6. The zero-order valence-corrected chi connectivity index (χ0v) is 16.4. The van der Waals surface area contributed by atoms with Crippen molar-refractivity contribution in [1.29, 1.82) is 0 Å². The third kappa shape index (κ3) is 3.99. The van der Waals surface area contributed by atoms with Crippen LogP contribution in [0.25, 0.3) is 0 Å². The van der Waals surface area contributed by atoms with Crippen LogP contribution >= 0.6 is 11.6 Å². The molecule has 1 fully saturated rings. The van der Waals surface area contributed by atoms with Gasteiger partial charge in [-0.25, -0.2) is 4.79 Å². The van der Waals surface area contributed by atoms with Crippen LogP contribution < -0.4 is 9.47 Å². The Labute approximate surface area is 168 Å². The molecule has 6 heteroatoms. The number of rotatable bonds is 5. The first-order valence-corrected chi connectivity index (χ1v) is 9.48. The molecule has 0 N–H and O–H groups in total. The van der Waals surface area contributed by atoms with Crippen molar-refractivity contribution in [2.24, 2.45) is 0 Å². The molecule has 1 heterocycles. The summed E-state index contributed by atoms with van der Waals surface area (Å²) in [5, 5.41) is 7.98. The Morgan fingerprint density at radius 3 is 2.54 bits per heavy atom. The van der Waals surface area contributed by atoms with Crippen molar-refractivity contribution < 1.29 is 14.3 Å². The number of hydrogen-bond acceptors (Lipinski definition) is 5. The van der Waals surface area contributed by atoms with Gasteiger partial charge in [-0.2, -0.15) is 0 Å². The van der Waals surface area contributed by atoms with Crippen LogP contribution in [0.2, 0.25) is 5.15 Å². The van der Waals surface area contributed by atoms with Gasteiger partial charge >= 0.3 is 5.97 Å². The van der Waals surface area contributed by atoms with Gasteiger partial charge in [-0.3, -0.25) is 0 Å². The molecule has 4 rings (SSSR count). The summed E-state index contributed by atoms with van der Waals surface area (Å²) in [6.07, 6.45) is 2.28. The predicted octanol–water partition coefficient (Wildman–Crippen LogP) is 5.64. The largest absolute Gasteiger partial charge is 0.434 e. The van der Waals surface area contributed by atoms with E-state index in [2.05, 4.69) is 16.3 Å². The van der Waals surface area contributed by atoms with E-state index in [1.54, 1.807) is 12.1 Å². The van der Waals surface area contributed by atoms with E-state index in [1.165, 1.54) is 6.07 Å². The third-order valence-electron chi connectivity index (χ3n) is 4.65. The Morgan fingerprint density at radius 2 is 1.82 bits per heavy atom. The summed E-state index contributed by atoms with van der Waals surface area (Å²) in [7, 11) is 0. The molecule has 0 aliphatic heterocycles. The number of carbonyl (C=O) groups excluding carboxylic acids is 1. The second-order valence-electron chi connectivity index (χ2n) is 6.96. The highest BCUT2D eigenvalue weighted by molar-refractivity contribution is 6.29. The molecule has 142 valence electrons. The topological polar surface area (TPSA) is 61.3 Å². The maximum atomic E-state index is 12.5. The van der Waals surface area contributed by atoms with Crippen molar-refractivity contribution in [1.82, 2.24) is 10.2 Å². The lowest BCUT2D eigenvalue weighted by Crippen LogP contribution is -2.10. The number of nitrogens with zero attached hydrogens (tertiary/aromatic N) is 2. The number of para-hydroxylation sites is 1. The molecule has 0 bridgehead atoms. The molecule has 0 amide bonds. The molecular formula is C22H19ClN2O3. The van der Waals surface area contributed by atoms with Gasteiger partial charge in [-0.15, -0.1) is 10.2 Å². The summed E-state index contributed by atoms with van der Waals surface area (Å²) in [4.78, 5) is 12.5. The molecule has 2 aromatic carbocycles. The Balaban J connectivity index is 1.64. The van der Waals surface area contributed by atoms with Crippen molar-refractivity contribution in [3.05, 3.63) is 75.9 Å². The van der Waals surface area contributed by atoms with E-state index in [-0.39, 0.29) is 16.8 Å². The highest BCUT2D eigenvalue weighted by Crippen LogP contribution is 2.46. The average Bonchev–Trinajstić information content (AvgIpc) is 3.51. The highest BCUT2D eigenvalue weighted by atomic mass is 35.5. The molecule has 0 atom stereocenters. The van der Waals surface area contributed by atoms with Crippen molar-refractivity contribution in [2.75, 3.05) is 0 Å². The quantitative estimate of drug-likeness (QED) is 0.524. The average molecular weight is 395 g/mol. The zero-order chi connectivity index (χ0) is 19.7. The van der Waals surface area contributed by atoms with Crippen LogP contribution in [0.3, 0.4) is 0 Å². The minimum absolute atomic E-state index is 0.112. The Bertz CT molecular complexity index is 1030. The molecule has 0 unspecified atom stereocenters. The van der Waals surface area contributed by atoms with E-state index < -0.39 is 5.97 Å². The van der Waals surface area contributed by atoms with Gasteiger partial charge in [0.05, 0.1) is 5.56 Å². The van der Waals surface area contributed by atoms with Crippen LogP contribution in [0.5, 0.6) is 17.4 Å². The number of aromatic nitrogens is 2. The Morgan fingerprint density at radius 1 is 1.07 bits per heavy atom. The number of hydrogen-bond donors (Lipinski definition) is 0. The van der Waals surface area contributed by atoms with Crippen LogP contribution in [0.1, 0.15) is 45.8 Å².